The van der Waals surface area contributed by atoms with Gasteiger partial charge in [-0.25, -0.2) is 9.78 Å². The first-order valence-electron chi connectivity index (χ1n) is 9.96. The van der Waals surface area contributed by atoms with Crippen molar-refractivity contribution in [2.75, 3.05) is 0 Å². The second kappa shape index (κ2) is 6.04. The maximum atomic E-state index is 12.7. The Kier molecular flexibility index (Phi) is 3.74. The third-order valence-electron chi connectivity index (χ3n) is 6.75. The van der Waals surface area contributed by atoms with Crippen molar-refractivity contribution in [2.45, 2.75) is 57.5 Å². The fourth-order valence-corrected chi connectivity index (χ4v) is 5.24. The summed E-state index contributed by atoms with van der Waals surface area (Å²) in [7, 11) is 0. The second-order valence-electron chi connectivity index (χ2n) is 8.56. The Balaban J connectivity index is 1.42. The van der Waals surface area contributed by atoms with E-state index in [1.807, 2.05) is 0 Å². The van der Waals surface area contributed by atoms with E-state index in [0.717, 1.165) is 24.7 Å². The molecule has 0 radical (unpaired) electrons. The SMILES string of the molecule is C[C@H](NC(=O)c1cnc2c(c1)c(=O)[nH]c(=O)n2C1CC1)[C@H]1C[C@H]2CC[C@H]1C2. The molecule has 0 aromatic carbocycles. The molecule has 1 amide bonds. The van der Waals surface area contributed by atoms with Crippen molar-refractivity contribution in [1.82, 2.24) is 19.9 Å². The standard InChI is InChI=1S/C20H24N4O3/c1-10(15-7-11-2-3-12(15)6-11)22-18(25)13-8-16-17(21-9-13)24(14-4-5-14)20(27)23-19(16)26/h8-12,14-15H,2-7H2,1H3,(H,22,25)(H,23,26,27)/t10-,11-,12-,15+/m0/s1. The molecule has 2 bridgehead atoms. The maximum absolute atomic E-state index is 12.7. The Labute approximate surface area is 156 Å². The predicted octanol–water partition coefficient (Wildman–Crippen LogP) is 1.97. The highest BCUT2D eigenvalue weighted by molar-refractivity contribution is 5.96. The van der Waals surface area contributed by atoms with Crippen LogP contribution in [0.3, 0.4) is 0 Å². The van der Waals surface area contributed by atoms with Crippen molar-refractivity contribution >= 4 is 16.9 Å². The minimum Gasteiger partial charge on any atom is -0.349 e. The number of carbonyl (C=O) groups is 1. The summed E-state index contributed by atoms with van der Waals surface area (Å²) < 4.78 is 1.54. The molecule has 0 saturated heterocycles. The number of pyridine rings is 1. The molecular formula is C20H24N4O3. The summed E-state index contributed by atoms with van der Waals surface area (Å²) in [4.78, 5) is 43.7. The molecule has 142 valence electrons. The van der Waals surface area contributed by atoms with E-state index in [9.17, 15) is 14.4 Å². The number of H-pyrrole nitrogens is 1. The van der Waals surface area contributed by atoms with Crippen molar-refractivity contribution in [3.8, 4) is 0 Å². The second-order valence-corrected chi connectivity index (χ2v) is 8.56. The highest BCUT2D eigenvalue weighted by atomic mass is 16.2. The molecule has 3 aliphatic carbocycles. The summed E-state index contributed by atoms with van der Waals surface area (Å²) in [6, 6.07) is 1.77. The molecule has 0 unspecified atom stereocenters. The molecule has 5 rings (SSSR count). The number of rotatable bonds is 4. The van der Waals surface area contributed by atoms with Gasteiger partial charge in [-0.2, -0.15) is 0 Å². The van der Waals surface area contributed by atoms with Gasteiger partial charge < -0.3 is 5.32 Å². The van der Waals surface area contributed by atoms with Crippen LogP contribution in [0.5, 0.6) is 0 Å². The number of nitrogens with zero attached hydrogens (tertiary/aromatic N) is 2. The molecule has 2 aromatic rings. The first-order valence-corrected chi connectivity index (χ1v) is 9.96. The molecular weight excluding hydrogens is 344 g/mol. The lowest BCUT2D eigenvalue weighted by Gasteiger charge is -2.28. The first-order chi connectivity index (χ1) is 13.0. The number of fused-ring (bicyclic) bond motifs is 3. The monoisotopic (exact) mass is 368 g/mol. The Morgan fingerprint density at radius 1 is 1.26 bits per heavy atom. The van der Waals surface area contributed by atoms with Gasteiger partial charge in [-0.05, 0) is 62.8 Å². The van der Waals surface area contributed by atoms with Crippen LogP contribution >= 0.6 is 0 Å². The molecule has 4 atom stereocenters. The van der Waals surface area contributed by atoms with Crippen LogP contribution < -0.4 is 16.6 Å². The van der Waals surface area contributed by atoms with Gasteiger partial charge in [0.25, 0.3) is 11.5 Å². The van der Waals surface area contributed by atoms with Crippen LogP contribution in [0.25, 0.3) is 11.0 Å². The van der Waals surface area contributed by atoms with Gasteiger partial charge in [0.2, 0.25) is 0 Å². The molecule has 27 heavy (non-hydrogen) atoms. The van der Waals surface area contributed by atoms with E-state index in [-0.39, 0.29) is 18.0 Å². The smallest absolute Gasteiger partial charge is 0.330 e. The minimum atomic E-state index is -0.491. The first kappa shape index (κ1) is 16.7. The van der Waals surface area contributed by atoms with E-state index < -0.39 is 11.2 Å². The molecule has 2 N–H and O–H groups in total. The van der Waals surface area contributed by atoms with E-state index in [4.69, 9.17) is 0 Å². The number of amides is 1. The fourth-order valence-electron chi connectivity index (χ4n) is 5.24. The number of hydrogen-bond donors (Lipinski definition) is 2. The maximum Gasteiger partial charge on any atom is 0.330 e. The molecule has 2 aromatic heterocycles. The molecule has 3 fully saturated rings. The van der Waals surface area contributed by atoms with E-state index in [2.05, 4.69) is 22.2 Å². The van der Waals surface area contributed by atoms with Gasteiger partial charge in [-0.1, -0.05) is 6.42 Å². The summed E-state index contributed by atoms with van der Waals surface area (Å²) in [5, 5.41) is 3.40. The molecule has 0 spiro atoms. The van der Waals surface area contributed by atoms with Gasteiger partial charge in [-0.3, -0.25) is 19.1 Å². The average Bonchev–Trinajstić information content (AvgIpc) is 3.24. The van der Waals surface area contributed by atoms with Gasteiger partial charge in [0.05, 0.1) is 10.9 Å². The summed E-state index contributed by atoms with van der Waals surface area (Å²) in [5.74, 6) is 1.91. The van der Waals surface area contributed by atoms with Gasteiger partial charge in [0, 0.05) is 18.3 Å². The van der Waals surface area contributed by atoms with E-state index in [1.54, 1.807) is 6.07 Å². The molecule has 3 aliphatic rings. The Hall–Kier alpha value is -2.44. The van der Waals surface area contributed by atoms with Crippen molar-refractivity contribution in [3.05, 3.63) is 38.7 Å². The lowest BCUT2D eigenvalue weighted by atomic mass is 9.84. The quantitative estimate of drug-likeness (QED) is 0.862. The highest BCUT2D eigenvalue weighted by Crippen LogP contribution is 2.49. The van der Waals surface area contributed by atoms with Crippen LogP contribution in [0.15, 0.2) is 21.9 Å². The van der Waals surface area contributed by atoms with Crippen molar-refractivity contribution in [2.24, 2.45) is 17.8 Å². The largest absolute Gasteiger partial charge is 0.349 e. The van der Waals surface area contributed by atoms with Crippen LogP contribution in [0.1, 0.15) is 61.8 Å². The van der Waals surface area contributed by atoms with Crippen LogP contribution in [0.2, 0.25) is 0 Å². The van der Waals surface area contributed by atoms with Crippen LogP contribution in [-0.2, 0) is 0 Å². The number of aromatic amines is 1. The van der Waals surface area contributed by atoms with Crippen molar-refractivity contribution in [3.63, 3.8) is 0 Å². The molecule has 7 nitrogen and oxygen atoms in total. The lowest BCUT2D eigenvalue weighted by Crippen LogP contribution is -2.40. The van der Waals surface area contributed by atoms with Gasteiger partial charge in [-0.15, -0.1) is 0 Å². The van der Waals surface area contributed by atoms with Gasteiger partial charge in [0.15, 0.2) is 0 Å². The number of carbonyl (C=O) groups excluding carboxylic acids is 1. The fraction of sp³-hybridized carbons (Fsp3) is 0.600. The topological polar surface area (TPSA) is 96.8 Å². The Morgan fingerprint density at radius 3 is 2.74 bits per heavy atom. The molecule has 0 aliphatic heterocycles. The van der Waals surface area contributed by atoms with Crippen LogP contribution in [0, 0.1) is 17.8 Å². The summed E-state index contributed by atoms with van der Waals surface area (Å²) >= 11 is 0. The van der Waals surface area contributed by atoms with Gasteiger partial charge in [0.1, 0.15) is 5.65 Å². The molecule has 2 heterocycles. The lowest BCUT2D eigenvalue weighted by molar-refractivity contribution is 0.0915. The minimum absolute atomic E-state index is 0.0989. The molecule has 3 saturated carbocycles. The third kappa shape index (κ3) is 2.80. The number of nitrogens with one attached hydrogen (secondary N) is 2. The van der Waals surface area contributed by atoms with Gasteiger partial charge >= 0.3 is 5.69 Å². The van der Waals surface area contributed by atoms with Crippen LogP contribution in [-0.4, -0.2) is 26.5 Å². The van der Waals surface area contributed by atoms with E-state index in [0.29, 0.717) is 22.5 Å². The number of hydrogen-bond acceptors (Lipinski definition) is 4. The Bertz CT molecular complexity index is 1040. The molecule has 7 heteroatoms. The van der Waals surface area contributed by atoms with Crippen molar-refractivity contribution in [1.29, 1.82) is 0 Å². The average molecular weight is 368 g/mol. The normalized spacial score (nSPS) is 27.8. The zero-order valence-corrected chi connectivity index (χ0v) is 15.4. The zero-order chi connectivity index (χ0) is 18.7. The third-order valence-corrected chi connectivity index (χ3v) is 6.75. The van der Waals surface area contributed by atoms with Crippen LogP contribution in [0.4, 0.5) is 0 Å². The predicted molar refractivity (Wildman–Crippen MR) is 101 cm³/mol. The van der Waals surface area contributed by atoms with Crippen molar-refractivity contribution < 1.29 is 4.79 Å². The van der Waals surface area contributed by atoms with E-state index in [1.165, 1.54) is 36.4 Å². The highest BCUT2D eigenvalue weighted by Gasteiger charge is 2.42. The summed E-state index contributed by atoms with van der Waals surface area (Å²) in [6.45, 7) is 2.08. The zero-order valence-electron chi connectivity index (χ0n) is 15.4. The summed E-state index contributed by atoms with van der Waals surface area (Å²) in [6.07, 6.45) is 8.41. The number of aromatic nitrogens is 3. The van der Waals surface area contributed by atoms with E-state index >= 15 is 0 Å². The Morgan fingerprint density at radius 2 is 2.07 bits per heavy atom. The summed E-state index contributed by atoms with van der Waals surface area (Å²) in [5.41, 5.74) is -0.187.